The monoisotopic (exact) mass is 687 g/mol. The van der Waals surface area contributed by atoms with E-state index >= 15 is 0 Å². The molecular weight excluding hydrogens is 629 g/mol. The number of carbonyl (C=O) groups is 2. The van der Waals surface area contributed by atoms with Crippen molar-refractivity contribution in [3.05, 3.63) is 60.7 Å². The van der Waals surface area contributed by atoms with Crippen LogP contribution < -0.4 is 21.3 Å². The normalized spacial score (nSPS) is 18.1. The summed E-state index contributed by atoms with van der Waals surface area (Å²) < 4.78 is 14.6. The van der Waals surface area contributed by atoms with Crippen molar-refractivity contribution < 1.29 is 22.3 Å². The number of nitrogens with one attached hydrogen (secondary N) is 4. The van der Waals surface area contributed by atoms with Gasteiger partial charge in [-0.3, -0.25) is 9.80 Å². The summed E-state index contributed by atoms with van der Waals surface area (Å²) in [7, 11) is -4.11. The number of likely N-dealkylation sites (N-methyl/N-ethyl adjacent to an activating group) is 2. The standard InChI is InChI=1S/C33H58N6O4Si3/c1-9-34-22-24-38(33(41)36-30-20-14-11-15-21-30)23-16-26-44(3,4)42-46(7,8)43-45(5,6)27-17-25-39(2)28-31(39)37-32(40)35-29-18-12-10-13-19-29/h10-15,18-21,31,34H,9,16-17,22-28H2,1-8H3,(H2-,35,36,37,40,41)/p+1. The van der Waals surface area contributed by atoms with Gasteiger partial charge in [0, 0.05) is 31.0 Å². The van der Waals surface area contributed by atoms with E-state index < -0.39 is 25.2 Å². The molecule has 0 aromatic heterocycles. The highest BCUT2D eigenvalue weighted by molar-refractivity contribution is 6.87. The molecule has 0 radical (unpaired) electrons. The zero-order valence-electron chi connectivity index (χ0n) is 29.4. The summed E-state index contributed by atoms with van der Waals surface area (Å²) in [6, 6.07) is 21.0. The summed E-state index contributed by atoms with van der Waals surface area (Å²) in [5.41, 5.74) is 1.61. The van der Waals surface area contributed by atoms with Crippen LogP contribution in [0.3, 0.4) is 0 Å². The number of nitrogens with zero attached hydrogens (tertiary/aromatic N) is 2. The quantitative estimate of drug-likeness (QED) is 0.0573. The molecule has 0 bridgehead atoms. The predicted octanol–water partition coefficient (Wildman–Crippen LogP) is 6.66. The molecule has 1 aliphatic rings. The van der Waals surface area contributed by atoms with Crippen molar-refractivity contribution in [3.63, 3.8) is 0 Å². The molecule has 1 heterocycles. The van der Waals surface area contributed by atoms with Gasteiger partial charge in [0.15, 0.2) is 23.2 Å². The largest absolute Gasteiger partial charge is 0.437 e. The van der Waals surface area contributed by atoms with E-state index in [-0.39, 0.29) is 18.2 Å². The molecule has 0 aliphatic carbocycles. The average molecular weight is 688 g/mol. The van der Waals surface area contributed by atoms with Crippen LogP contribution in [0.4, 0.5) is 21.0 Å². The highest BCUT2D eigenvalue weighted by Crippen LogP contribution is 2.30. The third-order valence-corrected chi connectivity index (χ3v) is 19.8. The lowest BCUT2D eigenvalue weighted by atomic mass is 10.3. The van der Waals surface area contributed by atoms with Gasteiger partial charge in [0.05, 0.1) is 13.6 Å². The lowest BCUT2D eigenvalue weighted by Gasteiger charge is -2.39. The number of hydrogen-bond donors (Lipinski definition) is 4. The molecular formula is C33H59N6O4Si3+. The zero-order valence-corrected chi connectivity index (χ0v) is 32.4. The Labute approximate surface area is 280 Å². The van der Waals surface area contributed by atoms with E-state index in [0.29, 0.717) is 13.1 Å². The van der Waals surface area contributed by atoms with Crippen LogP contribution in [0, 0.1) is 0 Å². The van der Waals surface area contributed by atoms with Crippen molar-refractivity contribution in [2.45, 2.75) is 77.3 Å². The van der Waals surface area contributed by atoms with E-state index in [0.717, 1.165) is 67.0 Å². The highest BCUT2D eigenvalue weighted by atomic mass is 28.5. The minimum atomic E-state index is -2.35. The van der Waals surface area contributed by atoms with Gasteiger partial charge in [0.2, 0.25) is 6.17 Å². The second-order valence-corrected chi connectivity index (χ2v) is 26.8. The number of carbonyl (C=O) groups excluding carboxylic acids is 2. The van der Waals surface area contributed by atoms with E-state index in [1.165, 1.54) is 0 Å². The van der Waals surface area contributed by atoms with Crippen molar-refractivity contribution in [3.8, 4) is 0 Å². The van der Waals surface area contributed by atoms with Gasteiger partial charge in [0.25, 0.3) is 0 Å². The number of para-hydroxylation sites is 2. The summed E-state index contributed by atoms with van der Waals surface area (Å²) in [6.07, 6.45) is 2.11. The third kappa shape index (κ3) is 13.7. The fourth-order valence-electron chi connectivity index (χ4n) is 6.08. The first kappa shape index (κ1) is 37.9. The Morgan fingerprint density at radius 1 is 0.826 bits per heavy atom. The van der Waals surface area contributed by atoms with Crippen LogP contribution >= 0.6 is 0 Å². The Morgan fingerprint density at radius 3 is 1.93 bits per heavy atom. The first-order chi connectivity index (χ1) is 21.6. The summed E-state index contributed by atoms with van der Waals surface area (Å²) in [6.45, 7) is 20.6. The molecule has 1 fully saturated rings. The van der Waals surface area contributed by atoms with E-state index in [1.807, 2.05) is 65.6 Å². The van der Waals surface area contributed by atoms with E-state index in [4.69, 9.17) is 8.23 Å². The molecule has 4 amide bonds. The highest BCUT2D eigenvalue weighted by Gasteiger charge is 2.52. The second-order valence-electron chi connectivity index (χ2n) is 14.3. The lowest BCUT2D eigenvalue weighted by Crippen LogP contribution is -2.52. The van der Waals surface area contributed by atoms with Gasteiger partial charge in [-0.15, -0.1) is 0 Å². The minimum Gasteiger partial charge on any atom is -0.437 e. The molecule has 13 heteroatoms. The molecule has 256 valence electrons. The molecule has 1 saturated heterocycles. The topological polar surface area (TPSA) is 104 Å². The molecule has 3 rings (SSSR count). The number of amides is 4. The van der Waals surface area contributed by atoms with E-state index in [2.05, 4.69) is 74.5 Å². The Balaban J connectivity index is 1.41. The van der Waals surface area contributed by atoms with Gasteiger partial charge < -0.3 is 29.1 Å². The molecule has 2 atom stereocenters. The molecule has 10 nitrogen and oxygen atoms in total. The fraction of sp³-hybridized carbons (Fsp3) is 0.576. The number of benzene rings is 2. The first-order valence-corrected chi connectivity index (χ1v) is 25.9. The van der Waals surface area contributed by atoms with Gasteiger partial charge in [-0.05, 0) is 95.0 Å². The first-order valence-electron chi connectivity index (χ1n) is 16.8. The lowest BCUT2D eigenvalue weighted by molar-refractivity contribution is -0.793. The van der Waals surface area contributed by atoms with Gasteiger partial charge in [-0.2, -0.15) is 0 Å². The summed E-state index contributed by atoms with van der Waals surface area (Å²) >= 11 is 0. The molecule has 0 saturated carbocycles. The van der Waals surface area contributed by atoms with Crippen molar-refractivity contribution in [2.75, 3.05) is 56.9 Å². The van der Waals surface area contributed by atoms with Crippen LogP contribution in [-0.2, 0) is 8.23 Å². The number of quaternary nitrogens is 1. The minimum absolute atomic E-state index is 0.0634. The van der Waals surface area contributed by atoms with Crippen molar-refractivity contribution >= 4 is 48.6 Å². The number of urea groups is 2. The maximum absolute atomic E-state index is 13.1. The number of anilines is 2. The van der Waals surface area contributed by atoms with Gasteiger partial charge in [0.1, 0.15) is 0 Å². The van der Waals surface area contributed by atoms with Crippen molar-refractivity contribution in [2.24, 2.45) is 0 Å². The van der Waals surface area contributed by atoms with Gasteiger partial charge in [-0.1, -0.05) is 43.3 Å². The van der Waals surface area contributed by atoms with Crippen molar-refractivity contribution in [1.29, 1.82) is 0 Å². The maximum Gasteiger partial charge on any atom is 0.323 e. The number of rotatable bonds is 19. The van der Waals surface area contributed by atoms with Gasteiger partial charge >= 0.3 is 20.6 Å². The molecule has 4 N–H and O–H groups in total. The molecule has 2 unspecified atom stereocenters. The van der Waals surface area contributed by atoms with Crippen LogP contribution in [0.25, 0.3) is 0 Å². The maximum atomic E-state index is 13.1. The molecule has 46 heavy (non-hydrogen) atoms. The molecule has 1 aliphatic heterocycles. The average Bonchev–Trinajstić information content (AvgIpc) is 3.59. The number of hydrogen-bond acceptors (Lipinski definition) is 5. The van der Waals surface area contributed by atoms with Crippen LogP contribution in [0.1, 0.15) is 19.8 Å². The zero-order chi connectivity index (χ0) is 33.8. The van der Waals surface area contributed by atoms with Crippen LogP contribution in [0.2, 0.25) is 51.4 Å². The molecule has 0 spiro atoms. The van der Waals surface area contributed by atoms with E-state index in [9.17, 15) is 9.59 Å². The fourth-order valence-corrected chi connectivity index (χ4v) is 20.1. The van der Waals surface area contributed by atoms with Gasteiger partial charge in [-0.25, -0.2) is 9.59 Å². The van der Waals surface area contributed by atoms with E-state index in [1.54, 1.807) is 0 Å². The van der Waals surface area contributed by atoms with Crippen LogP contribution in [0.5, 0.6) is 0 Å². The third-order valence-electron chi connectivity index (χ3n) is 8.36. The predicted molar refractivity (Wildman–Crippen MR) is 197 cm³/mol. The summed E-state index contributed by atoms with van der Waals surface area (Å²) in [4.78, 5) is 27.4. The second kappa shape index (κ2) is 17.0. The Bertz CT molecular complexity index is 1240. The van der Waals surface area contributed by atoms with Crippen molar-refractivity contribution in [1.82, 2.24) is 15.5 Å². The summed E-state index contributed by atoms with van der Waals surface area (Å²) in [5.74, 6) is 0. The van der Waals surface area contributed by atoms with Crippen LogP contribution in [0.15, 0.2) is 60.7 Å². The smallest absolute Gasteiger partial charge is 0.323 e. The Kier molecular flexibility index (Phi) is 14.0. The SMILES string of the molecule is CCNCCN(CCC[Si](C)(C)O[Si](C)(C)O[Si](C)(C)CCC[N+]1(C)CC1NC(=O)Nc1ccccc1)C(=O)Nc1ccccc1. The Morgan fingerprint density at radius 2 is 1.37 bits per heavy atom. The Hall–Kier alpha value is -2.53. The van der Waals surface area contributed by atoms with Crippen LogP contribution in [-0.4, -0.2) is 99.1 Å². The molecule has 2 aromatic carbocycles. The molecule has 2 aromatic rings. The summed E-state index contributed by atoms with van der Waals surface area (Å²) in [5, 5.41) is 12.4.